The van der Waals surface area contributed by atoms with Gasteiger partial charge in [0.2, 0.25) is 0 Å². The van der Waals surface area contributed by atoms with Crippen LogP contribution in [0.4, 0.5) is 0 Å². The van der Waals surface area contributed by atoms with Crippen molar-refractivity contribution in [3.05, 3.63) is 24.7 Å². The average molecular weight is 216 g/mol. The lowest BCUT2D eigenvalue weighted by molar-refractivity contribution is 0.222. The fraction of sp³-hybridized carbons (Fsp3) is 0.692. The minimum atomic E-state index is 0. The summed E-state index contributed by atoms with van der Waals surface area (Å²) in [6.45, 7) is 16.7. The zero-order valence-corrected chi connectivity index (χ0v) is 10.1. The van der Waals surface area contributed by atoms with E-state index in [9.17, 15) is 0 Å². The van der Waals surface area contributed by atoms with E-state index in [-0.39, 0.29) is 7.43 Å². The van der Waals surface area contributed by atoms with Crippen LogP contribution in [0.5, 0.6) is 0 Å². The number of allylic oxidation sites excluding steroid dienone is 2. The zero-order chi connectivity index (χ0) is 11.4. The van der Waals surface area contributed by atoms with Gasteiger partial charge in [0.25, 0.3) is 0 Å². The van der Waals surface area contributed by atoms with Gasteiger partial charge in [-0.2, -0.15) is 0 Å². The lowest BCUT2D eigenvalue weighted by atomic mass is 10.4. The highest BCUT2D eigenvalue weighted by Crippen LogP contribution is 1.96. The first-order chi connectivity index (χ1) is 6.62. The highest BCUT2D eigenvalue weighted by Gasteiger charge is 1.82. The normalized spacial score (nSPS) is 7.73. The van der Waals surface area contributed by atoms with Crippen molar-refractivity contribution in [2.75, 3.05) is 13.2 Å². The van der Waals surface area contributed by atoms with Crippen LogP contribution in [0, 0.1) is 0 Å². The second kappa shape index (κ2) is 15.5. The van der Waals surface area contributed by atoms with Gasteiger partial charge in [-0.1, -0.05) is 34.4 Å². The van der Waals surface area contributed by atoms with Crippen molar-refractivity contribution in [2.45, 2.75) is 48.0 Å². The molecule has 0 aromatic heterocycles. The van der Waals surface area contributed by atoms with E-state index in [1.807, 2.05) is 27.7 Å². The Hall–Kier alpha value is -0.920. The summed E-state index contributed by atoms with van der Waals surface area (Å²) in [6, 6.07) is 0. The van der Waals surface area contributed by atoms with Crippen molar-refractivity contribution in [1.82, 2.24) is 0 Å². The standard InChI is InChI=1S/2C6H12O.CH4/c2*1-4-6(3)7-5-2;/h2*3-5H2,1-2H3;1H4. The van der Waals surface area contributed by atoms with Gasteiger partial charge < -0.3 is 9.47 Å². The fourth-order valence-corrected chi connectivity index (χ4v) is 0.612. The Bertz CT molecular complexity index is 133. The minimum Gasteiger partial charge on any atom is -0.499 e. The van der Waals surface area contributed by atoms with E-state index in [1.165, 1.54) is 0 Å². The molecular weight excluding hydrogens is 188 g/mol. The van der Waals surface area contributed by atoms with Crippen LogP contribution < -0.4 is 0 Å². The van der Waals surface area contributed by atoms with Gasteiger partial charge in [0.05, 0.1) is 24.7 Å². The van der Waals surface area contributed by atoms with Crippen LogP contribution in [0.2, 0.25) is 0 Å². The van der Waals surface area contributed by atoms with Gasteiger partial charge in [0, 0.05) is 12.8 Å². The Morgan fingerprint density at radius 1 is 0.800 bits per heavy atom. The Morgan fingerprint density at radius 3 is 1.13 bits per heavy atom. The molecule has 0 atom stereocenters. The molecule has 15 heavy (non-hydrogen) atoms. The van der Waals surface area contributed by atoms with Crippen LogP contribution in [0.25, 0.3) is 0 Å². The van der Waals surface area contributed by atoms with E-state index in [1.54, 1.807) is 0 Å². The predicted octanol–water partition coefficient (Wildman–Crippen LogP) is 4.53. The predicted molar refractivity (Wildman–Crippen MR) is 68.8 cm³/mol. The van der Waals surface area contributed by atoms with E-state index in [4.69, 9.17) is 9.47 Å². The molecule has 0 bridgehead atoms. The first-order valence-corrected chi connectivity index (χ1v) is 5.23. The van der Waals surface area contributed by atoms with Gasteiger partial charge in [-0.15, -0.1) is 0 Å². The molecule has 2 heteroatoms. The lowest BCUT2D eigenvalue weighted by Gasteiger charge is -2.00. The summed E-state index contributed by atoms with van der Waals surface area (Å²) in [7, 11) is 0. The minimum absolute atomic E-state index is 0. The van der Waals surface area contributed by atoms with Crippen LogP contribution in [0.15, 0.2) is 24.7 Å². The molecule has 92 valence electrons. The summed E-state index contributed by atoms with van der Waals surface area (Å²) in [5.74, 6) is 1.75. The average Bonchev–Trinajstić information content (AvgIpc) is 2.19. The van der Waals surface area contributed by atoms with Crippen molar-refractivity contribution in [1.29, 1.82) is 0 Å². The molecule has 0 radical (unpaired) electrons. The second-order valence-corrected chi connectivity index (χ2v) is 2.65. The Balaban J connectivity index is -0.000000180. The quantitative estimate of drug-likeness (QED) is 0.607. The smallest absolute Gasteiger partial charge is 0.0885 e. The number of hydrogen-bond acceptors (Lipinski definition) is 2. The molecule has 0 fully saturated rings. The van der Waals surface area contributed by atoms with E-state index in [2.05, 4.69) is 13.2 Å². The van der Waals surface area contributed by atoms with Crippen LogP contribution in [-0.4, -0.2) is 13.2 Å². The van der Waals surface area contributed by atoms with Gasteiger partial charge >= 0.3 is 0 Å². The van der Waals surface area contributed by atoms with Gasteiger partial charge in [0.15, 0.2) is 0 Å². The molecule has 0 aliphatic rings. The molecule has 0 saturated carbocycles. The van der Waals surface area contributed by atoms with Gasteiger partial charge in [-0.3, -0.25) is 0 Å². The maximum absolute atomic E-state index is 5.00. The summed E-state index contributed by atoms with van der Waals surface area (Å²) in [4.78, 5) is 0. The second-order valence-electron chi connectivity index (χ2n) is 2.65. The van der Waals surface area contributed by atoms with Crippen LogP contribution in [0.3, 0.4) is 0 Å². The Morgan fingerprint density at radius 2 is 1.07 bits per heavy atom. The number of rotatable bonds is 6. The number of hydrogen-bond donors (Lipinski definition) is 0. The molecule has 0 saturated heterocycles. The molecule has 0 aromatic rings. The van der Waals surface area contributed by atoms with Crippen molar-refractivity contribution in [3.63, 3.8) is 0 Å². The molecule has 0 aromatic carbocycles. The van der Waals surface area contributed by atoms with Gasteiger partial charge in [-0.25, -0.2) is 0 Å². The SMILES string of the molecule is C.C=C(CC)OCC.C=C(CC)OCC. The molecule has 2 nitrogen and oxygen atoms in total. The molecule has 0 aliphatic carbocycles. The zero-order valence-electron chi connectivity index (χ0n) is 10.1. The third-order valence-corrected chi connectivity index (χ3v) is 1.49. The molecular formula is C13H28O2. The maximum Gasteiger partial charge on any atom is 0.0885 e. The van der Waals surface area contributed by atoms with Crippen LogP contribution >= 0.6 is 0 Å². The molecule has 0 heterocycles. The van der Waals surface area contributed by atoms with E-state index in [0.717, 1.165) is 37.6 Å². The molecule has 0 unspecified atom stereocenters. The molecule has 0 aliphatic heterocycles. The summed E-state index contributed by atoms with van der Waals surface area (Å²) in [5, 5.41) is 0. The van der Waals surface area contributed by atoms with Gasteiger partial charge in [0.1, 0.15) is 0 Å². The highest BCUT2D eigenvalue weighted by molar-refractivity contribution is 4.79. The third-order valence-electron chi connectivity index (χ3n) is 1.49. The third kappa shape index (κ3) is 19.5. The van der Waals surface area contributed by atoms with Crippen molar-refractivity contribution in [2.24, 2.45) is 0 Å². The van der Waals surface area contributed by atoms with Gasteiger partial charge in [-0.05, 0) is 13.8 Å². The summed E-state index contributed by atoms with van der Waals surface area (Å²) in [6.07, 6.45) is 1.85. The number of ether oxygens (including phenoxy) is 2. The molecule has 0 spiro atoms. The summed E-state index contributed by atoms with van der Waals surface area (Å²) < 4.78 is 9.99. The van der Waals surface area contributed by atoms with Crippen LogP contribution in [-0.2, 0) is 9.47 Å². The summed E-state index contributed by atoms with van der Waals surface area (Å²) in [5.41, 5.74) is 0. The molecule has 0 amide bonds. The van der Waals surface area contributed by atoms with Crippen molar-refractivity contribution < 1.29 is 9.47 Å². The van der Waals surface area contributed by atoms with E-state index in [0.29, 0.717) is 0 Å². The Labute approximate surface area is 96.0 Å². The monoisotopic (exact) mass is 216 g/mol. The van der Waals surface area contributed by atoms with Crippen molar-refractivity contribution >= 4 is 0 Å². The topological polar surface area (TPSA) is 18.5 Å². The first-order valence-electron chi connectivity index (χ1n) is 5.23. The van der Waals surface area contributed by atoms with Crippen LogP contribution in [0.1, 0.15) is 48.0 Å². The summed E-state index contributed by atoms with van der Waals surface area (Å²) >= 11 is 0. The lowest BCUT2D eigenvalue weighted by Crippen LogP contribution is -1.85. The molecule has 0 N–H and O–H groups in total. The first kappa shape index (κ1) is 19.6. The molecule has 0 rings (SSSR count). The maximum atomic E-state index is 5.00. The fourth-order valence-electron chi connectivity index (χ4n) is 0.612. The Kier molecular flexibility index (Phi) is 20.3. The van der Waals surface area contributed by atoms with E-state index >= 15 is 0 Å². The highest BCUT2D eigenvalue weighted by atomic mass is 16.5. The largest absolute Gasteiger partial charge is 0.499 e. The van der Waals surface area contributed by atoms with Crippen molar-refractivity contribution in [3.8, 4) is 0 Å². The van der Waals surface area contributed by atoms with E-state index < -0.39 is 0 Å².